The molecule has 2 aliphatic rings. The molecule has 2 atom stereocenters. The smallest absolute Gasteiger partial charge is 0.234 e. The van der Waals surface area contributed by atoms with Crippen LogP contribution < -0.4 is 5.32 Å². The first kappa shape index (κ1) is 17.4. The van der Waals surface area contributed by atoms with Crippen LogP contribution in [0.2, 0.25) is 0 Å². The fourth-order valence-electron chi connectivity index (χ4n) is 3.65. The number of aliphatic hydroxyl groups is 1. The minimum absolute atomic E-state index is 0.0192. The molecule has 0 bridgehead atoms. The lowest BCUT2D eigenvalue weighted by Crippen LogP contribution is -2.40. The van der Waals surface area contributed by atoms with E-state index in [1.54, 1.807) is 0 Å². The zero-order valence-corrected chi connectivity index (χ0v) is 14.9. The van der Waals surface area contributed by atoms with E-state index in [0.29, 0.717) is 19.0 Å². The van der Waals surface area contributed by atoms with Crippen molar-refractivity contribution in [3.63, 3.8) is 0 Å². The molecule has 2 aliphatic carbocycles. The summed E-state index contributed by atoms with van der Waals surface area (Å²) in [4.78, 5) is 14.2. The van der Waals surface area contributed by atoms with Crippen molar-refractivity contribution in [2.24, 2.45) is 5.92 Å². The van der Waals surface area contributed by atoms with Crippen LogP contribution in [0.1, 0.15) is 55.3 Å². The van der Waals surface area contributed by atoms with Gasteiger partial charge in [0.25, 0.3) is 0 Å². The normalized spacial score (nSPS) is 19.7. The SMILES string of the molecule is CC(NC(=O)CN(C)CC(O)C1CC1)c1ccc2c(c1)CCCC2. The number of carbonyl (C=O) groups is 1. The maximum absolute atomic E-state index is 12.3. The number of hydrogen-bond donors (Lipinski definition) is 2. The van der Waals surface area contributed by atoms with E-state index < -0.39 is 0 Å². The van der Waals surface area contributed by atoms with Crippen LogP contribution >= 0.6 is 0 Å². The van der Waals surface area contributed by atoms with Crippen LogP contribution in [-0.2, 0) is 17.6 Å². The van der Waals surface area contributed by atoms with Crippen molar-refractivity contribution in [2.75, 3.05) is 20.1 Å². The van der Waals surface area contributed by atoms with Gasteiger partial charge in [-0.3, -0.25) is 9.69 Å². The standard InChI is InChI=1S/C20H30N2O2/c1-14(17-10-7-15-5-3-4-6-18(15)11-17)21-20(24)13-22(2)12-19(23)16-8-9-16/h7,10-11,14,16,19,23H,3-6,8-9,12-13H2,1-2H3,(H,21,24). The van der Waals surface area contributed by atoms with Crippen molar-refractivity contribution in [3.05, 3.63) is 34.9 Å². The van der Waals surface area contributed by atoms with Gasteiger partial charge in [0.05, 0.1) is 18.7 Å². The van der Waals surface area contributed by atoms with Gasteiger partial charge in [-0.05, 0) is 75.1 Å². The Morgan fingerprint density at radius 2 is 2.00 bits per heavy atom. The molecule has 4 heteroatoms. The average molecular weight is 330 g/mol. The Labute approximate surface area is 145 Å². The summed E-state index contributed by atoms with van der Waals surface area (Å²) in [6.07, 6.45) is 6.85. The zero-order valence-electron chi connectivity index (χ0n) is 14.9. The number of fused-ring (bicyclic) bond motifs is 1. The van der Waals surface area contributed by atoms with E-state index in [1.165, 1.54) is 36.0 Å². The first-order chi connectivity index (χ1) is 11.5. The zero-order chi connectivity index (χ0) is 17.1. The highest BCUT2D eigenvalue weighted by atomic mass is 16.3. The summed E-state index contributed by atoms with van der Waals surface area (Å²) in [7, 11) is 1.90. The quantitative estimate of drug-likeness (QED) is 0.807. The monoisotopic (exact) mass is 330 g/mol. The van der Waals surface area contributed by atoms with Gasteiger partial charge in [-0.15, -0.1) is 0 Å². The van der Waals surface area contributed by atoms with E-state index in [4.69, 9.17) is 0 Å². The molecule has 0 aliphatic heterocycles. The Bertz CT molecular complexity index is 583. The summed E-state index contributed by atoms with van der Waals surface area (Å²) >= 11 is 0. The third-order valence-corrected chi connectivity index (χ3v) is 5.33. The number of benzene rings is 1. The maximum Gasteiger partial charge on any atom is 0.234 e. The predicted octanol–water partition coefficient (Wildman–Crippen LogP) is 2.45. The molecule has 1 amide bonds. The number of amides is 1. The summed E-state index contributed by atoms with van der Waals surface area (Å²) in [5.74, 6) is 0.468. The van der Waals surface area contributed by atoms with Crippen LogP contribution in [0.25, 0.3) is 0 Å². The lowest BCUT2D eigenvalue weighted by molar-refractivity contribution is -0.122. The van der Waals surface area contributed by atoms with Crippen LogP contribution in [0.15, 0.2) is 18.2 Å². The number of likely N-dealkylation sites (N-methyl/N-ethyl adjacent to an activating group) is 1. The van der Waals surface area contributed by atoms with Crippen LogP contribution in [0, 0.1) is 5.92 Å². The van der Waals surface area contributed by atoms with Crippen molar-refractivity contribution in [1.29, 1.82) is 0 Å². The van der Waals surface area contributed by atoms with Crippen LogP contribution in [0.3, 0.4) is 0 Å². The lowest BCUT2D eigenvalue weighted by Gasteiger charge is -2.22. The van der Waals surface area contributed by atoms with Crippen molar-refractivity contribution in [3.8, 4) is 0 Å². The van der Waals surface area contributed by atoms with Gasteiger partial charge >= 0.3 is 0 Å². The second kappa shape index (κ2) is 7.66. The van der Waals surface area contributed by atoms with E-state index in [0.717, 1.165) is 19.3 Å². The van der Waals surface area contributed by atoms with Crippen molar-refractivity contribution >= 4 is 5.91 Å². The van der Waals surface area contributed by atoms with E-state index in [2.05, 4.69) is 23.5 Å². The first-order valence-corrected chi connectivity index (χ1v) is 9.30. The molecule has 0 heterocycles. The number of aryl methyl sites for hydroxylation is 2. The summed E-state index contributed by atoms with van der Waals surface area (Å²) in [6.45, 7) is 2.95. The molecule has 4 nitrogen and oxygen atoms in total. The molecule has 0 saturated heterocycles. The number of nitrogens with one attached hydrogen (secondary N) is 1. The molecule has 0 spiro atoms. The van der Waals surface area contributed by atoms with Gasteiger partial charge in [0, 0.05) is 6.54 Å². The van der Waals surface area contributed by atoms with E-state index in [-0.39, 0.29) is 18.1 Å². The Hall–Kier alpha value is -1.39. The van der Waals surface area contributed by atoms with Crippen LogP contribution in [0.5, 0.6) is 0 Å². The molecule has 1 aromatic rings. The highest BCUT2D eigenvalue weighted by Gasteiger charge is 2.30. The lowest BCUT2D eigenvalue weighted by atomic mass is 9.89. The van der Waals surface area contributed by atoms with Gasteiger partial charge in [0.1, 0.15) is 0 Å². The number of aliphatic hydroxyl groups excluding tert-OH is 1. The highest BCUT2D eigenvalue weighted by Crippen LogP contribution is 2.32. The molecule has 132 valence electrons. The maximum atomic E-state index is 12.3. The number of carbonyl (C=O) groups excluding carboxylic acids is 1. The third kappa shape index (κ3) is 4.58. The summed E-state index contributed by atoms with van der Waals surface area (Å²) in [6, 6.07) is 6.66. The topological polar surface area (TPSA) is 52.6 Å². The Morgan fingerprint density at radius 1 is 1.29 bits per heavy atom. The Morgan fingerprint density at radius 3 is 2.71 bits per heavy atom. The van der Waals surface area contributed by atoms with Gasteiger partial charge in [-0.1, -0.05) is 18.2 Å². The number of hydrogen-bond acceptors (Lipinski definition) is 3. The summed E-state index contributed by atoms with van der Waals surface area (Å²) < 4.78 is 0. The fraction of sp³-hybridized carbons (Fsp3) is 0.650. The van der Waals surface area contributed by atoms with Gasteiger partial charge in [-0.2, -0.15) is 0 Å². The van der Waals surface area contributed by atoms with E-state index in [9.17, 15) is 9.90 Å². The average Bonchev–Trinajstić information content (AvgIpc) is 3.38. The molecular weight excluding hydrogens is 300 g/mol. The van der Waals surface area contributed by atoms with Crippen LogP contribution in [0.4, 0.5) is 0 Å². The minimum Gasteiger partial charge on any atom is -0.392 e. The fourth-order valence-corrected chi connectivity index (χ4v) is 3.65. The van der Waals surface area contributed by atoms with Gasteiger partial charge in [-0.25, -0.2) is 0 Å². The number of nitrogens with zero attached hydrogens (tertiary/aromatic N) is 1. The Kier molecular flexibility index (Phi) is 5.57. The summed E-state index contributed by atoms with van der Waals surface area (Å²) in [5.41, 5.74) is 4.10. The van der Waals surface area contributed by atoms with Gasteiger partial charge in [0.2, 0.25) is 5.91 Å². The molecule has 1 aromatic carbocycles. The largest absolute Gasteiger partial charge is 0.392 e. The van der Waals surface area contributed by atoms with Crippen LogP contribution in [-0.4, -0.2) is 42.2 Å². The second-order valence-corrected chi connectivity index (χ2v) is 7.63. The van der Waals surface area contributed by atoms with Crippen molar-refractivity contribution in [2.45, 2.75) is 57.6 Å². The molecule has 2 unspecified atom stereocenters. The molecule has 0 aromatic heterocycles. The molecule has 1 saturated carbocycles. The number of rotatable bonds is 7. The molecule has 2 N–H and O–H groups in total. The third-order valence-electron chi connectivity index (χ3n) is 5.33. The predicted molar refractivity (Wildman–Crippen MR) is 95.9 cm³/mol. The summed E-state index contributed by atoms with van der Waals surface area (Å²) in [5, 5.41) is 13.1. The van der Waals surface area contributed by atoms with E-state index >= 15 is 0 Å². The molecular formula is C20H30N2O2. The molecule has 24 heavy (non-hydrogen) atoms. The highest BCUT2D eigenvalue weighted by molar-refractivity contribution is 5.78. The minimum atomic E-state index is -0.291. The second-order valence-electron chi connectivity index (χ2n) is 7.63. The molecule has 0 radical (unpaired) electrons. The Balaban J connectivity index is 1.50. The molecule has 1 fully saturated rings. The molecule has 3 rings (SSSR count). The van der Waals surface area contributed by atoms with E-state index in [1.807, 2.05) is 18.9 Å². The first-order valence-electron chi connectivity index (χ1n) is 9.30. The van der Waals surface area contributed by atoms with Crippen molar-refractivity contribution < 1.29 is 9.90 Å². The van der Waals surface area contributed by atoms with Gasteiger partial charge in [0.15, 0.2) is 0 Å². The van der Waals surface area contributed by atoms with Gasteiger partial charge < -0.3 is 10.4 Å². The van der Waals surface area contributed by atoms with Crippen molar-refractivity contribution in [1.82, 2.24) is 10.2 Å².